The molecule has 0 saturated heterocycles. The van der Waals surface area contributed by atoms with Crippen LogP contribution in [0.1, 0.15) is 29.8 Å². The molecule has 14 heteroatoms. The lowest BCUT2D eigenvalue weighted by atomic mass is 10.00. The first kappa shape index (κ1) is 25.9. The van der Waals surface area contributed by atoms with Crippen LogP contribution in [-0.4, -0.2) is 42.2 Å². The second kappa shape index (κ2) is 10.8. The number of aromatic nitrogens is 5. The second-order valence-electron chi connectivity index (χ2n) is 8.13. The van der Waals surface area contributed by atoms with Crippen LogP contribution in [0.25, 0.3) is 5.69 Å². The zero-order valence-electron chi connectivity index (χ0n) is 19.9. The standard InChI is InChI=1S/C24H20F3N9O2/c1-12-20(36-30-5-6-31-36)9-16(11-29-12)33-22-15(10-28)8-19(27)23(35-22)34-21(13(2)32-24(37)38)14-3-4-17(25)18(26)7-14/h3-9,11,13,21,32H,1-2H3,(H,37,38)(H2,33,34,35)/t13-,21+/m0/s1. The molecule has 11 nitrogen and oxygen atoms in total. The lowest BCUT2D eigenvalue weighted by molar-refractivity contribution is 0.189. The van der Waals surface area contributed by atoms with Crippen LogP contribution >= 0.6 is 0 Å². The topological polar surface area (TPSA) is 154 Å². The number of halogens is 3. The quantitative estimate of drug-likeness (QED) is 0.266. The van der Waals surface area contributed by atoms with Gasteiger partial charge in [0.1, 0.15) is 11.8 Å². The SMILES string of the molecule is Cc1ncc(Nc2nc(N[C@@H](c3ccc(F)c(F)c3)[C@H](C)NC(=O)O)c(F)cc2C#N)cc1-n1nccn1. The number of carboxylic acid groups (broad SMARTS) is 1. The van der Waals surface area contributed by atoms with E-state index < -0.39 is 35.6 Å². The van der Waals surface area contributed by atoms with E-state index in [0.717, 1.165) is 18.2 Å². The average molecular weight is 523 g/mol. The molecule has 0 spiro atoms. The highest BCUT2D eigenvalue weighted by atomic mass is 19.2. The highest BCUT2D eigenvalue weighted by Gasteiger charge is 2.25. The molecule has 0 unspecified atom stereocenters. The summed E-state index contributed by atoms with van der Waals surface area (Å²) in [6.07, 6.45) is 3.09. The van der Waals surface area contributed by atoms with Crippen molar-refractivity contribution in [2.45, 2.75) is 25.9 Å². The van der Waals surface area contributed by atoms with Gasteiger partial charge in [0.05, 0.1) is 47.6 Å². The third-order valence-electron chi connectivity index (χ3n) is 5.50. The fourth-order valence-corrected chi connectivity index (χ4v) is 3.67. The third-order valence-corrected chi connectivity index (χ3v) is 5.50. The van der Waals surface area contributed by atoms with Gasteiger partial charge in [0, 0.05) is 0 Å². The van der Waals surface area contributed by atoms with E-state index in [1.807, 2.05) is 6.07 Å². The largest absolute Gasteiger partial charge is 0.465 e. The van der Waals surface area contributed by atoms with E-state index >= 15 is 0 Å². The fraction of sp³-hybridized carbons (Fsp3) is 0.167. The maximum absolute atomic E-state index is 15.0. The number of hydrogen-bond acceptors (Lipinski definition) is 8. The van der Waals surface area contributed by atoms with Crippen molar-refractivity contribution in [2.24, 2.45) is 0 Å². The molecule has 194 valence electrons. The van der Waals surface area contributed by atoms with E-state index in [1.54, 1.807) is 13.0 Å². The smallest absolute Gasteiger partial charge is 0.404 e. The Morgan fingerprint density at radius 1 is 1.08 bits per heavy atom. The number of rotatable bonds is 8. The van der Waals surface area contributed by atoms with Crippen molar-refractivity contribution in [3.05, 3.63) is 83.2 Å². The molecule has 0 radical (unpaired) electrons. The number of anilines is 3. The Labute approximate surface area is 214 Å². The highest BCUT2D eigenvalue weighted by molar-refractivity contribution is 5.67. The molecule has 3 aromatic heterocycles. The summed E-state index contributed by atoms with van der Waals surface area (Å²) in [5, 5.41) is 34.8. The number of carbonyl (C=O) groups is 1. The van der Waals surface area contributed by atoms with Gasteiger partial charge in [-0.1, -0.05) is 6.07 Å². The maximum atomic E-state index is 15.0. The molecule has 4 aromatic rings. The van der Waals surface area contributed by atoms with Crippen molar-refractivity contribution >= 4 is 23.4 Å². The first-order valence-electron chi connectivity index (χ1n) is 11.1. The predicted molar refractivity (Wildman–Crippen MR) is 129 cm³/mol. The van der Waals surface area contributed by atoms with Gasteiger partial charge in [0.15, 0.2) is 29.1 Å². The first-order valence-corrected chi connectivity index (χ1v) is 11.1. The van der Waals surface area contributed by atoms with Crippen LogP contribution in [-0.2, 0) is 0 Å². The molecule has 0 bridgehead atoms. The number of hydrogen-bond donors (Lipinski definition) is 4. The Kier molecular flexibility index (Phi) is 7.38. The first-order chi connectivity index (χ1) is 18.2. The summed E-state index contributed by atoms with van der Waals surface area (Å²) in [5.74, 6) is -3.59. The summed E-state index contributed by atoms with van der Waals surface area (Å²) in [4.78, 5) is 21.1. The van der Waals surface area contributed by atoms with Gasteiger partial charge in [-0.15, -0.1) is 4.80 Å². The van der Waals surface area contributed by atoms with E-state index in [4.69, 9.17) is 5.11 Å². The van der Waals surface area contributed by atoms with Crippen LogP contribution in [0.2, 0.25) is 0 Å². The molecular weight excluding hydrogens is 503 g/mol. The van der Waals surface area contributed by atoms with Gasteiger partial charge >= 0.3 is 6.09 Å². The van der Waals surface area contributed by atoms with Crippen LogP contribution in [0.3, 0.4) is 0 Å². The highest BCUT2D eigenvalue weighted by Crippen LogP contribution is 2.29. The number of nitriles is 1. The van der Waals surface area contributed by atoms with Crippen molar-refractivity contribution < 1.29 is 23.1 Å². The molecule has 4 N–H and O–H groups in total. The van der Waals surface area contributed by atoms with Gasteiger partial charge < -0.3 is 21.1 Å². The molecule has 1 amide bonds. The van der Waals surface area contributed by atoms with Gasteiger partial charge in [-0.05, 0) is 43.7 Å². The number of pyridine rings is 2. The summed E-state index contributed by atoms with van der Waals surface area (Å²) in [5.41, 5.74) is 1.56. The second-order valence-corrected chi connectivity index (χ2v) is 8.13. The normalized spacial score (nSPS) is 12.3. The molecule has 0 saturated carbocycles. The Morgan fingerprint density at radius 3 is 2.47 bits per heavy atom. The van der Waals surface area contributed by atoms with Crippen molar-refractivity contribution in [3.63, 3.8) is 0 Å². The van der Waals surface area contributed by atoms with Crippen molar-refractivity contribution in [1.29, 1.82) is 5.26 Å². The monoisotopic (exact) mass is 523 g/mol. The van der Waals surface area contributed by atoms with Crippen molar-refractivity contribution in [3.8, 4) is 11.8 Å². The van der Waals surface area contributed by atoms with E-state index in [-0.39, 0.29) is 22.8 Å². The van der Waals surface area contributed by atoms with Crippen LogP contribution in [0.5, 0.6) is 0 Å². The predicted octanol–water partition coefficient (Wildman–Crippen LogP) is 4.21. The molecule has 2 atom stereocenters. The summed E-state index contributed by atoms with van der Waals surface area (Å²) >= 11 is 0. The molecule has 0 aliphatic carbocycles. The lowest BCUT2D eigenvalue weighted by Crippen LogP contribution is -2.39. The van der Waals surface area contributed by atoms with Crippen LogP contribution in [0, 0.1) is 35.7 Å². The summed E-state index contributed by atoms with van der Waals surface area (Å²) in [7, 11) is 0. The van der Waals surface area contributed by atoms with Gasteiger partial charge in [-0.3, -0.25) is 4.98 Å². The Bertz CT molecular complexity index is 1520. The minimum Gasteiger partial charge on any atom is -0.465 e. The summed E-state index contributed by atoms with van der Waals surface area (Å²) < 4.78 is 42.5. The third kappa shape index (κ3) is 5.62. The lowest BCUT2D eigenvalue weighted by Gasteiger charge is -2.26. The van der Waals surface area contributed by atoms with Gasteiger partial charge in [0.25, 0.3) is 0 Å². The Morgan fingerprint density at radius 2 is 1.82 bits per heavy atom. The van der Waals surface area contributed by atoms with Crippen molar-refractivity contribution in [1.82, 2.24) is 30.3 Å². The number of nitrogens with zero attached hydrogens (tertiary/aromatic N) is 6. The van der Waals surface area contributed by atoms with E-state index in [0.29, 0.717) is 17.1 Å². The van der Waals surface area contributed by atoms with Gasteiger partial charge in [-0.25, -0.2) is 22.9 Å². The number of benzene rings is 1. The summed E-state index contributed by atoms with van der Waals surface area (Å²) in [6, 6.07) is 5.44. The minimum atomic E-state index is -1.38. The number of nitrogens with one attached hydrogen (secondary N) is 3. The molecular formula is C24H20F3N9O2. The van der Waals surface area contributed by atoms with Crippen LogP contribution in [0.15, 0.2) is 48.9 Å². The average Bonchev–Trinajstić information content (AvgIpc) is 3.41. The van der Waals surface area contributed by atoms with Crippen molar-refractivity contribution in [2.75, 3.05) is 10.6 Å². The van der Waals surface area contributed by atoms with E-state index in [1.165, 1.54) is 36.4 Å². The zero-order chi connectivity index (χ0) is 27.4. The fourth-order valence-electron chi connectivity index (χ4n) is 3.67. The van der Waals surface area contributed by atoms with Crippen LogP contribution < -0.4 is 16.0 Å². The Balaban J connectivity index is 1.71. The van der Waals surface area contributed by atoms with E-state index in [9.17, 15) is 23.2 Å². The number of aryl methyl sites for hydroxylation is 1. The van der Waals surface area contributed by atoms with Gasteiger partial charge in [0.2, 0.25) is 0 Å². The Hall–Kier alpha value is -5.19. The maximum Gasteiger partial charge on any atom is 0.404 e. The summed E-state index contributed by atoms with van der Waals surface area (Å²) in [6.45, 7) is 3.21. The van der Waals surface area contributed by atoms with Gasteiger partial charge in [-0.2, -0.15) is 15.5 Å². The van der Waals surface area contributed by atoms with E-state index in [2.05, 4.69) is 36.1 Å². The minimum absolute atomic E-state index is 0.0377. The molecule has 0 aliphatic rings. The molecule has 1 aromatic carbocycles. The number of amides is 1. The molecule has 38 heavy (non-hydrogen) atoms. The molecule has 0 fully saturated rings. The molecule has 4 rings (SSSR count). The molecule has 3 heterocycles. The van der Waals surface area contributed by atoms with Crippen LogP contribution in [0.4, 0.5) is 35.3 Å². The zero-order valence-corrected chi connectivity index (χ0v) is 19.9. The molecule has 0 aliphatic heterocycles.